The number of carbonyl (C=O) groups is 1. The molecule has 6 nitrogen and oxygen atoms in total. The number of ether oxygens (including phenoxy) is 2. The second kappa shape index (κ2) is 5.14. The number of halogens is 2. The minimum atomic E-state index is -2.71. The third kappa shape index (κ3) is 2.47. The summed E-state index contributed by atoms with van der Waals surface area (Å²) in [6, 6.07) is 1.40. The van der Waals surface area contributed by atoms with Crippen LogP contribution in [0.4, 0.5) is 8.78 Å². The summed E-state index contributed by atoms with van der Waals surface area (Å²) in [7, 11) is 0. The highest BCUT2D eigenvalue weighted by Gasteiger charge is 2.61. The van der Waals surface area contributed by atoms with Gasteiger partial charge in [0.15, 0.2) is 6.10 Å². The molecule has 4 heterocycles. The van der Waals surface area contributed by atoms with Gasteiger partial charge < -0.3 is 19.0 Å². The topological polar surface area (TPSA) is 73.1 Å². The number of fused-ring (bicyclic) bond motifs is 2. The van der Waals surface area contributed by atoms with Crippen molar-refractivity contribution in [3.8, 4) is 5.75 Å². The number of carboxylic acids is 1. The van der Waals surface area contributed by atoms with Gasteiger partial charge in [0, 0.05) is 23.9 Å². The van der Waals surface area contributed by atoms with E-state index in [1.807, 2.05) is 0 Å². The molecule has 0 aromatic carbocycles. The predicted octanol–water partition coefficient (Wildman–Crippen LogP) is 2.89. The highest BCUT2D eigenvalue weighted by Crippen LogP contribution is 2.58. The van der Waals surface area contributed by atoms with Gasteiger partial charge in [0.05, 0.1) is 17.9 Å². The third-order valence-electron chi connectivity index (χ3n) is 5.12. The zero-order valence-electron chi connectivity index (χ0n) is 13.8. The first-order valence-electron chi connectivity index (χ1n) is 8.07. The molecule has 3 fully saturated rings. The van der Waals surface area contributed by atoms with Crippen molar-refractivity contribution < 1.29 is 28.2 Å². The first-order chi connectivity index (χ1) is 11.7. The van der Waals surface area contributed by atoms with Crippen LogP contribution < -0.4 is 4.74 Å². The average Bonchev–Trinajstić information content (AvgIpc) is 3.16. The lowest BCUT2D eigenvalue weighted by Crippen LogP contribution is -2.45. The van der Waals surface area contributed by atoms with E-state index in [-0.39, 0.29) is 22.3 Å². The molecule has 2 bridgehead atoms. The summed E-state index contributed by atoms with van der Waals surface area (Å²) in [5.41, 5.74) is 0.886. The van der Waals surface area contributed by atoms with Crippen molar-refractivity contribution in [1.82, 2.24) is 9.38 Å². The standard InChI is InChI=1S/C17H18F2N2O4/c1-9(14(18)19)25-11-3-13-20-12(5-21(13)4-10(11)15(22)23)17-6-16(2,7-17)24-8-17/h3-5,9,14H,6-8H2,1-2H3,(H,22,23)/t9-,16?,17?/m1/s1. The number of rotatable bonds is 5. The molecule has 0 unspecified atom stereocenters. The zero-order valence-corrected chi connectivity index (χ0v) is 13.8. The van der Waals surface area contributed by atoms with Crippen molar-refractivity contribution in [2.45, 2.75) is 50.2 Å². The van der Waals surface area contributed by atoms with Gasteiger partial charge in [-0.1, -0.05) is 0 Å². The van der Waals surface area contributed by atoms with Crippen LogP contribution in [0, 0.1) is 0 Å². The highest BCUT2D eigenvalue weighted by molar-refractivity contribution is 5.91. The van der Waals surface area contributed by atoms with E-state index in [0.717, 1.165) is 18.5 Å². The molecule has 1 saturated carbocycles. The van der Waals surface area contributed by atoms with E-state index in [0.29, 0.717) is 12.3 Å². The molecule has 3 aliphatic rings. The Kier molecular flexibility index (Phi) is 3.34. The number of nitrogens with zero attached hydrogens (tertiary/aromatic N) is 2. The summed E-state index contributed by atoms with van der Waals surface area (Å²) in [4.78, 5) is 16.0. The maximum atomic E-state index is 12.8. The van der Waals surface area contributed by atoms with Crippen molar-refractivity contribution in [3.05, 3.63) is 29.7 Å². The number of aromatic carboxylic acids is 1. The molecule has 134 valence electrons. The lowest BCUT2D eigenvalue weighted by atomic mass is 9.62. The molecule has 1 aliphatic carbocycles. The van der Waals surface area contributed by atoms with E-state index in [1.165, 1.54) is 19.2 Å². The summed E-state index contributed by atoms with van der Waals surface area (Å²) in [6.07, 6.45) is 0.769. The second-order valence-electron chi connectivity index (χ2n) is 7.28. The minimum absolute atomic E-state index is 0.0943. The molecule has 2 aromatic rings. The molecule has 0 amide bonds. The van der Waals surface area contributed by atoms with Crippen molar-refractivity contribution >= 4 is 11.6 Å². The summed E-state index contributed by atoms with van der Waals surface area (Å²) in [5, 5.41) is 9.37. The van der Waals surface area contributed by atoms with Crippen LogP contribution in [0.5, 0.6) is 5.75 Å². The molecule has 2 aliphatic heterocycles. The number of hydrogen-bond acceptors (Lipinski definition) is 4. The van der Waals surface area contributed by atoms with E-state index in [4.69, 9.17) is 9.47 Å². The fraction of sp³-hybridized carbons (Fsp3) is 0.529. The number of imidazole rings is 1. The molecule has 2 aromatic heterocycles. The molecule has 1 N–H and O–H groups in total. The van der Waals surface area contributed by atoms with E-state index < -0.39 is 18.5 Å². The Bertz CT molecular complexity index is 858. The van der Waals surface area contributed by atoms with Gasteiger partial charge in [-0.2, -0.15) is 0 Å². The number of alkyl halides is 2. The van der Waals surface area contributed by atoms with Crippen LogP contribution >= 0.6 is 0 Å². The Hall–Kier alpha value is -2.22. The van der Waals surface area contributed by atoms with Crippen LogP contribution in [0.2, 0.25) is 0 Å². The minimum Gasteiger partial charge on any atom is -0.484 e. The molecule has 2 saturated heterocycles. The maximum absolute atomic E-state index is 12.8. The fourth-order valence-corrected chi connectivity index (χ4v) is 3.93. The molecule has 0 radical (unpaired) electrons. The van der Waals surface area contributed by atoms with Gasteiger partial charge in [-0.15, -0.1) is 0 Å². The fourth-order valence-electron chi connectivity index (χ4n) is 3.93. The summed E-state index contributed by atoms with van der Waals surface area (Å²) >= 11 is 0. The van der Waals surface area contributed by atoms with Crippen molar-refractivity contribution in [2.24, 2.45) is 0 Å². The predicted molar refractivity (Wildman–Crippen MR) is 83.5 cm³/mol. The van der Waals surface area contributed by atoms with Crippen LogP contribution in [-0.2, 0) is 10.2 Å². The zero-order chi connectivity index (χ0) is 18.0. The summed E-state index contributed by atoms with van der Waals surface area (Å²) < 4.78 is 38.0. The largest absolute Gasteiger partial charge is 0.484 e. The molecule has 25 heavy (non-hydrogen) atoms. The highest BCUT2D eigenvalue weighted by atomic mass is 19.3. The van der Waals surface area contributed by atoms with Crippen molar-refractivity contribution in [2.75, 3.05) is 6.61 Å². The quantitative estimate of drug-likeness (QED) is 0.896. The van der Waals surface area contributed by atoms with Crippen LogP contribution in [0.25, 0.3) is 5.65 Å². The average molecular weight is 352 g/mol. The number of aromatic nitrogens is 2. The molecule has 1 atom stereocenters. The second-order valence-corrected chi connectivity index (χ2v) is 7.28. The van der Waals surface area contributed by atoms with Crippen molar-refractivity contribution in [3.63, 3.8) is 0 Å². The Balaban J connectivity index is 1.74. The summed E-state index contributed by atoms with van der Waals surface area (Å²) in [6.45, 7) is 3.85. The van der Waals surface area contributed by atoms with E-state index in [9.17, 15) is 18.7 Å². The Morgan fingerprint density at radius 2 is 2.16 bits per heavy atom. The van der Waals surface area contributed by atoms with Crippen LogP contribution in [0.3, 0.4) is 0 Å². The molecule has 5 rings (SSSR count). The Morgan fingerprint density at radius 3 is 2.72 bits per heavy atom. The Morgan fingerprint density at radius 1 is 1.44 bits per heavy atom. The lowest BCUT2D eigenvalue weighted by molar-refractivity contribution is 0.0154. The first kappa shape index (κ1) is 16.3. The monoisotopic (exact) mass is 352 g/mol. The van der Waals surface area contributed by atoms with E-state index in [2.05, 4.69) is 11.9 Å². The van der Waals surface area contributed by atoms with Gasteiger partial charge >= 0.3 is 5.97 Å². The molecular formula is C17H18F2N2O4. The lowest BCUT2D eigenvalue weighted by Gasteiger charge is -2.41. The van der Waals surface area contributed by atoms with Gasteiger partial charge in [-0.3, -0.25) is 0 Å². The maximum Gasteiger partial charge on any atom is 0.341 e. The van der Waals surface area contributed by atoms with Crippen LogP contribution in [0.15, 0.2) is 18.5 Å². The van der Waals surface area contributed by atoms with Crippen LogP contribution in [0.1, 0.15) is 42.7 Å². The SMILES string of the molecule is C[C@@H](Oc1cc2nc(C34COC(C)(C3)C4)cn2cc1C(=O)O)C(F)F. The molecule has 8 heteroatoms. The smallest absolute Gasteiger partial charge is 0.341 e. The van der Waals surface area contributed by atoms with Gasteiger partial charge in [0.1, 0.15) is 17.0 Å². The Labute approximate surface area is 142 Å². The van der Waals surface area contributed by atoms with E-state index in [1.54, 1.807) is 10.6 Å². The number of hydrogen-bond donors (Lipinski definition) is 1. The number of pyridine rings is 1. The van der Waals surface area contributed by atoms with Crippen LogP contribution in [-0.4, -0.2) is 45.2 Å². The molecular weight excluding hydrogens is 334 g/mol. The third-order valence-corrected chi connectivity index (χ3v) is 5.12. The molecule has 0 spiro atoms. The van der Waals surface area contributed by atoms with Gasteiger partial charge in [-0.05, 0) is 26.7 Å². The first-order valence-corrected chi connectivity index (χ1v) is 8.07. The van der Waals surface area contributed by atoms with Gasteiger partial charge in [0.25, 0.3) is 6.43 Å². The van der Waals surface area contributed by atoms with Gasteiger partial charge in [-0.25, -0.2) is 18.6 Å². The normalized spacial score (nSPS) is 29.0. The summed E-state index contributed by atoms with van der Waals surface area (Å²) in [5.74, 6) is -1.35. The number of carboxylic acid groups (broad SMARTS) is 1. The van der Waals surface area contributed by atoms with E-state index >= 15 is 0 Å². The van der Waals surface area contributed by atoms with Crippen molar-refractivity contribution in [1.29, 1.82) is 0 Å². The van der Waals surface area contributed by atoms with Gasteiger partial charge in [0.2, 0.25) is 0 Å².